The third-order valence-electron chi connectivity index (χ3n) is 6.63. The lowest BCUT2D eigenvalue weighted by Gasteiger charge is -2.27. The maximum absolute atomic E-state index is 13.3. The lowest BCUT2D eigenvalue weighted by atomic mass is 9.96. The molecular weight excluding hydrogens is 541 g/mol. The van der Waals surface area contributed by atoms with Gasteiger partial charge < -0.3 is 15.4 Å². The largest absolute Gasteiger partial charge is 0.488 e. The Hall–Kier alpha value is -3.90. The number of hydrogen-bond donors (Lipinski definition) is 1. The normalized spacial score (nSPS) is 12.7. The van der Waals surface area contributed by atoms with Gasteiger partial charge >= 0.3 is 0 Å². The van der Waals surface area contributed by atoms with Crippen molar-refractivity contribution < 1.29 is 9.53 Å². The van der Waals surface area contributed by atoms with Crippen molar-refractivity contribution >= 4 is 48.4 Å². The summed E-state index contributed by atoms with van der Waals surface area (Å²) in [6, 6.07) is 28.2. The van der Waals surface area contributed by atoms with E-state index in [4.69, 9.17) is 10.5 Å². The van der Waals surface area contributed by atoms with Crippen molar-refractivity contribution in [2.45, 2.75) is 19.6 Å². The molecule has 0 bridgehead atoms. The number of amides is 1. The van der Waals surface area contributed by atoms with Gasteiger partial charge in [0.1, 0.15) is 12.4 Å². The van der Waals surface area contributed by atoms with Gasteiger partial charge in [0.15, 0.2) is 0 Å². The third-order valence-corrected chi connectivity index (χ3v) is 6.63. The van der Waals surface area contributed by atoms with E-state index in [1.807, 2.05) is 83.8 Å². The summed E-state index contributed by atoms with van der Waals surface area (Å²) in [4.78, 5) is 19.5. The zero-order chi connectivity index (χ0) is 26.2. The molecule has 1 amide bonds. The lowest BCUT2D eigenvalue weighted by Crippen LogP contribution is -2.34. The Morgan fingerprint density at radius 2 is 1.60 bits per heavy atom. The molecule has 2 N–H and O–H groups in total. The molecule has 0 fully saturated rings. The van der Waals surface area contributed by atoms with Crippen LogP contribution in [0.1, 0.15) is 44.6 Å². The van der Waals surface area contributed by atoms with Crippen molar-refractivity contribution in [1.29, 1.82) is 0 Å². The van der Waals surface area contributed by atoms with E-state index in [0.29, 0.717) is 31.8 Å². The highest BCUT2D eigenvalue weighted by atomic mass is 35.5. The number of rotatable bonds is 8. The molecule has 0 atom stereocenters. The quantitative estimate of drug-likeness (QED) is 0.245. The summed E-state index contributed by atoms with van der Waals surface area (Å²) in [6.07, 6.45) is 10.3. The van der Waals surface area contributed by atoms with E-state index < -0.39 is 0 Å². The van der Waals surface area contributed by atoms with Gasteiger partial charge in [-0.15, -0.1) is 24.8 Å². The Balaban J connectivity index is 0.00000220. The van der Waals surface area contributed by atoms with E-state index in [0.717, 1.165) is 40.0 Å². The molecule has 4 aromatic rings. The van der Waals surface area contributed by atoms with Gasteiger partial charge in [-0.1, -0.05) is 85.0 Å². The Bertz CT molecular complexity index is 1460. The number of pyridine rings is 1. The maximum atomic E-state index is 13.3. The molecule has 0 spiro atoms. The Kier molecular flexibility index (Phi) is 11.5. The van der Waals surface area contributed by atoms with Crippen LogP contribution in [0, 0.1) is 0 Å². The lowest BCUT2D eigenvalue weighted by molar-refractivity contribution is 0.0772. The second kappa shape index (κ2) is 15.0. The minimum Gasteiger partial charge on any atom is -0.488 e. The Morgan fingerprint density at radius 1 is 0.875 bits per heavy atom. The number of aromatic nitrogens is 1. The summed E-state index contributed by atoms with van der Waals surface area (Å²) in [6.45, 7) is 2.12. The van der Waals surface area contributed by atoms with Gasteiger partial charge in [0, 0.05) is 37.6 Å². The van der Waals surface area contributed by atoms with Crippen molar-refractivity contribution in [1.82, 2.24) is 9.88 Å². The fraction of sp³-hybridized carbons (Fsp3) is 0.152. The van der Waals surface area contributed by atoms with E-state index in [1.54, 1.807) is 12.4 Å². The summed E-state index contributed by atoms with van der Waals surface area (Å²) in [7, 11) is 0. The highest BCUT2D eigenvalue weighted by molar-refractivity contribution is 5.95. The van der Waals surface area contributed by atoms with E-state index >= 15 is 0 Å². The van der Waals surface area contributed by atoms with Crippen molar-refractivity contribution in [2.24, 2.45) is 5.73 Å². The summed E-state index contributed by atoms with van der Waals surface area (Å²) in [5.41, 5.74) is 12.9. The van der Waals surface area contributed by atoms with Gasteiger partial charge in [-0.05, 0) is 52.4 Å². The average molecular weight is 575 g/mol. The number of carbonyl (C=O) groups excluding carboxylic acids is 1. The van der Waals surface area contributed by atoms with Crippen LogP contribution < -0.4 is 10.5 Å². The fourth-order valence-electron chi connectivity index (χ4n) is 4.52. The van der Waals surface area contributed by atoms with Gasteiger partial charge in [0.05, 0.1) is 5.56 Å². The van der Waals surface area contributed by atoms with Gasteiger partial charge in [-0.25, -0.2) is 0 Å². The van der Waals surface area contributed by atoms with Crippen LogP contribution in [-0.4, -0.2) is 28.9 Å². The van der Waals surface area contributed by atoms with Crippen LogP contribution in [0.25, 0.3) is 17.7 Å². The van der Waals surface area contributed by atoms with Crippen molar-refractivity contribution in [3.8, 4) is 5.75 Å². The average Bonchev–Trinajstić information content (AvgIpc) is 3.00. The maximum Gasteiger partial charge on any atom is 0.255 e. The predicted molar refractivity (Wildman–Crippen MR) is 168 cm³/mol. The number of benzene rings is 3. The SMILES string of the molecule is Cl.Cl.NCc1ccc(OCc2ccccc2)c(C2=CCN(C(=O)c3cncc(C=Cc4ccccc4)c3)CC2)c1. The van der Waals surface area contributed by atoms with Gasteiger partial charge in [0.2, 0.25) is 0 Å². The first-order valence-corrected chi connectivity index (χ1v) is 12.9. The minimum absolute atomic E-state index is 0. The molecule has 206 valence electrons. The molecule has 5 rings (SSSR count). The molecule has 0 saturated heterocycles. The molecule has 40 heavy (non-hydrogen) atoms. The number of nitrogens with two attached hydrogens (primary N) is 1. The standard InChI is InChI=1S/C33H31N3O2.2ClH/c34-21-27-13-14-32(38-24-26-9-5-2-6-10-26)31(20-27)29-15-17-36(18-16-29)33(37)30-19-28(22-35-23-30)12-11-25-7-3-1-4-8-25;;/h1-15,19-20,22-23H,16-18,21,24,34H2;2*1H. The van der Waals surface area contributed by atoms with Crippen LogP contribution in [0.5, 0.6) is 5.75 Å². The molecule has 3 aromatic carbocycles. The zero-order valence-electron chi connectivity index (χ0n) is 22.1. The molecule has 0 saturated carbocycles. The molecule has 5 nitrogen and oxygen atoms in total. The Morgan fingerprint density at radius 3 is 2.30 bits per heavy atom. The van der Waals surface area contributed by atoms with Gasteiger partial charge in [-0.3, -0.25) is 9.78 Å². The van der Waals surface area contributed by atoms with Crippen LogP contribution in [0.15, 0.2) is 103 Å². The monoisotopic (exact) mass is 573 g/mol. The van der Waals surface area contributed by atoms with Crippen molar-refractivity contribution in [3.63, 3.8) is 0 Å². The highest BCUT2D eigenvalue weighted by Crippen LogP contribution is 2.32. The summed E-state index contributed by atoms with van der Waals surface area (Å²) >= 11 is 0. The smallest absolute Gasteiger partial charge is 0.255 e. The molecule has 0 aliphatic carbocycles. The molecule has 1 aliphatic heterocycles. The number of nitrogens with zero attached hydrogens (tertiary/aromatic N) is 2. The molecule has 1 aliphatic rings. The summed E-state index contributed by atoms with van der Waals surface area (Å²) < 4.78 is 6.21. The zero-order valence-corrected chi connectivity index (χ0v) is 23.7. The van der Waals surface area contributed by atoms with Crippen molar-refractivity contribution in [2.75, 3.05) is 13.1 Å². The fourth-order valence-corrected chi connectivity index (χ4v) is 4.52. The van der Waals surface area contributed by atoms with Crippen LogP contribution in [-0.2, 0) is 13.2 Å². The number of hydrogen-bond acceptors (Lipinski definition) is 4. The molecule has 1 aromatic heterocycles. The van der Waals surface area contributed by atoms with Crippen LogP contribution in [0.3, 0.4) is 0 Å². The first kappa shape index (κ1) is 30.6. The van der Waals surface area contributed by atoms with Gasteiger partial charge in [-0.2, -0.15) is 0 Å². The second-order valence-corrected chi connectivity index (χ2v) is 9.29. The topological polar surface area (TPSA) is 68.5 Å². The van der Waals surface area contributed by atoms with Crippen LogP contribution in [0.2, 0.25) is 0 Å². The number of halogens is 2. The van der Waals surface area contributed by atoms with Crippen molar-refractivity contribution in [3.05, 3.63) is 137 Å². The van der Waals surface area contributed by atoms with E-state index in [1.165, 1.54) is 5.57 Å². The van der Waals surface area contributed by atoms with E-state index in [-0.39, 0.29) is 30.7 Å². The number of carbonyl (C=O) groups is 1. The van der Waals surface area contributed by atoms with E-state index in [9.17, 15) is 4.79 Å². The summed E-state index contributed by atoms with van der Waals surface area (Å²) in [5.74, 6) is 0.818. The molecular formula is C33H33Cl2N3O2. The third kappa shape index (κ3) is 7.82. The molecule has 2 heterocycles. The molecule has 0 radical (unpaired) electrons. The first-order chi connectivity index (χ1) is 18.7. The Labute approximate surface area is 248 Å². The molecule has 7 heteroatoms. The van der Waals surface area contributed by atoms with E-state index in [2.05, 4.69) is 29.3 Å². The number of ether oxygens (including phenoxy) is 1. The van der Waals surface area contributed by atoms with Crippen LogP contribution >= 0.6 is 24.8 Å². The molecule has 0 unspecified atom stereocenters. The first-order valence-electron chi connectivity index (χ1n) is 12.9. The van der Waals surface area contributed by atoms with Gasteiger partial charge in [0.25, 0.3) is 5.91 Å². The second-order valence-electron chi connectivity index (χ2n) is 9.29. The van der Waals surface area contributed by atoms with Crippen LogP contribution in [0.4, 0.5) is 0 Å². The summed E-state index contributed by atoms with van der Waals surface area (Å²) in [5, 5.41) is 0. The highest BCUT2D eigenvalue weighted by Gasteiger charge is 2.21. The predicted octanol–water partition coefficient (Wildman–Crippen LogP) is 7.06. The minimum atomic E-state index is -0.0148.